The standard InChI is InChI=1S/C11H5ClN2/c12-11-6-9(3-1-2-4-13)5-10(7-11)8-14/h5-7H,2H2. The first kappa shape index (κ1) is 10.1. The van der Waals surface area contributed by atoms with Gasteiger partial charge in [-0.25, -0.2) is 0 Å². The van der Waals surface area contributed by atoms with Crippen molar-refractivity contribution in [1.82, 2.24) is 0 Å². The highest BCUT2D eigenvalue weighted by atomic mass is 35.5. The first-order valence-corrected chi connectivity index (χ1v) is 4.20. The average Bonchev–Trinajstić information content (AvgIpc) is 2.17. The third-order valence-corrected chi connectivity index (χ3v) is 1.65. The molecule has 1 aromatic carbocycles. The molecule has 0 atom stereocenters. The van der Waals surface area contributed by atoms with Gasteiger partial charge in [0.1, 0.15) is 0 Å². The molecule has 0 saturated heterocycles. The van der Waals surface area contributed by atoms with E-state index in [1.807, 2.05) is 12.1 Å². The van der Waals surface area contributed by atoms with Crippen LogP contribution in [0.4, 0.5) is 0 Å². The molecule has 0 aromatic heterocycles. The van der Waals surface area contributed by atoms with Crippen LogP contribution in [0.15, 0.2) is 18.2 Å². The third-order valence-electron chi connectivity index (χ3n) is 1.43. The summed E-state index contributed by atoms with van der Waals surface area (Å²) in [5.41, 5.74) is 1.13. The molecular weight excluding hydrogens is 196 g/mol. The number of hydrogen-bond acceptors (Lipinski definition) is 2. The molecule has 0 aliphatic rings. The van der Waals surface area contributed by atoms with Crippen LogP contribution < -0.4 is 0 Å². The highest BCUT2D eigenvalue weighted by Crippen LogP contribution is 2.13. The molecule has 1 rings (SSSR count). The lowest BCUT2D eigenvalue weighted by molar-refractivity contribution is 1.39. The largest absolute Gasteiger partial charge is 0.197 e. The van der Waals surface area contributed by atoms with Crippen molar-refractivity contribution in [2.75, 3.05) is 0 Å². The number of hydrogen-bond donors (Lipinski definition) is 0. The number of nitriles is 2. The summed E-state index contributed by atoms with van der Waals surface area (Å²) >= 11 is 5.76. The van der Waals surface area contributed by atoms with Crippen LogP contribution in [0.25, 0.3) is 0 Å². The van der Waals surface area contributed by atoms with Crippen molar-refractivity contribution in [2.45, 2.75) is 6.42 Å². The van der Waals surface area contributed by atoms with E-state index in [-0.39, 0.29) is 6.42 Å². The van der Waals surface area contributed by atoms with Crippen LogP contribution in [0.5, 0.6) is 0 Å². The van der Waals surface area contributed by atoms with Gasteiger partial charge in [-0.2, -0.15) is 10.5 Å². The molecule has 0 aliphatic carbocycles. The van der Waals surface area contributed by atoms with Gasteiger partial charge in [-0.1, -0.05) is 23.4 Å². The summed E-state index contributed by atoms with van der Waals surface area (Å²) in [6.45, 7) is 0. The van der Waals surface area contributed by atoms with E-state index in [0.717, 1.165) is 0 Å². The van der Waals surface area contributed by atoms with Crippen molar-refractivity contribution in [3.8, 4) is 24.0 Å². The molecule has 0 heterocycles. The number of benzene rings is 1. The first-order chi connectivity index (χ1) is 6.76. The van der Waals surface area contributed by atoms with Gasteiger partial charge < -0.3 is 0 Å². The Morgan fingerprint density at radius 1 is 1.14 bits per heavy atom. The molecule has 14 heavy (non-hydrogen) atoms. The van der Waals surface area contributed by atoms with E-state index < -0.39 is 0 Å². The predicted octanol–water partition coefficient (Wildman–Crippen LogP) is 2.48. The number of halogens is 1. The summed E-state index contributed by atoms with van der Waals surface area (Å²) in [6, 6.07) is 8.75. The van der Waals surface area contributed by atoms with Crippen molar-refractivity contribution in [3.63, 3.8) is 0 Å². The van der Waals surface area contributed by atoms with Gasteiger partial charge in [0.15, 0.2) is 0 Å². The zero-order chi connectivity index (χ0) is 10.4. The summed E-state index contributed by atoms with van der Waals surface area (Å²) in [5, 5.41) is 17.4. The molecular formula is C11H5ClN2. The molecule has 0 fully saturated rings. The Kier molecular flexibility index (Phi) is 3.57. The molecule has 0 amide bonds. The average molecular weight is 201 g/mol. The van der Waals surface area contributed by atoms with Gasteiger partial charge in [0.05, 0.1) is 24.1 Å². The van der Waals surface area contributed by atoms with Crippen molar-refractivity contribution < 1.29 is 0 Å². The maximum Gasteiger partial charge on any atom is 0.0992 e. The lowest BCUT2D eigenvalue weighted by atomic mass is 10.1. The Balaban J connectivity index is 3.02. The topological polar surface area (TPSA) is 47.6 Å². The highest BCUT2D eigenvalue weighted by molar-refractivity contribution is 6.30. The minimum Gasteiger partial charge on any atom is -0.197 e. The second kappa shape index (κ2) is 4.93. The molecule has 0 aliphatic heterocycles. The fourth-order valence-electron chi connectivity index (χ4n) is 0.912. The fourth-order valence-corrected chi connectivity index (χ4v) is 1.15. The van der Waals surface area contributed by atoms with E-state index >= 15 is 0 Å². The zero-order valence-corrected chi connectivity index (χ0v) is 7.97. The smallest absolute Gasteiger partial charge is 0.0992 e. The Labute approximate surface area is 87.3 Å². The van der Waals surface area contributed by atoms with E-state index in [1.165, 1.54) is 0 Å². The minimum atomic E-state index is 0.175. The molecule has 0 saturated carbocycles. The zero-order valence-electron chi connectivity index (χ0n) is 7.21. The fraction of sp³-hybridized carbons (Fsp3) is 0.0909. The molecule has 0 N–H and O–H groups in total. The van der Waals surface area contributed by atoms with Crippen LogP contribution in [-0.2, 0) is 0 Å². The maximum absolute atomic E-state index is 8.65. The molecule has 0 bridgehead atoms. The summed E-state index contributed by atoms with van der Waals surface area (Å²) < 4.78 is 0. The van der Waals surface area contributed by atoms with Gasteiger partial charge in [-0.05, 0) is 18.2 Å². The van der Waals surface area contributed by atoms with Crippen molar-refractivity contribution in [1.29, 1.82) is 10.5 Å². The van der Waals surface area contributed by atoms with Crippen molar-refractivity contribution >= 4 is 11.6 Å². The van der Waals surface area contributed by atoms with E-state index in [0.29, 0.717) is 16.1 Å². The summed E-state index contributed by atoms with van der Waals surface area (Å²) in [7, 11) is 0. The van der Waals surface area contributed by atoms with Crippen LogP contribution in [0.2, 0.25) is 5.02 Å². The van der Waals surface area contributed by atoms with Gasteiger partial charge in [0.25, 0.3) is 0 Å². The summed E-state index contributed by atoms with van der Waals surface area (Å²) in [5.74, 6) is 5.40. The van der Waals surface area contributed by atoms with Crippen molar-refractivity contribution in [3.05, 3.63) is 34.3 Å². The van der Waals surface area contributed by atoms with E-state index in [1.54, 1.807) is 18.2 Å². The van der Waals surface area contributed by atoms with E-state index in [2.05, 4.69) is 11.8 Å². The second-order valence-corrected chi connectivity index (χ2v) is 2.91. The van der Waals surface area contributed by atoms with Crippen LogP contribution in [0.1, 0.15) is 17.5 Å². The lowest BCUT2D eigenvalue weighted by Gasteiger charge is -1.93. The van der Waals surface area contributed by atoms with E-state index in [4.69, 9.17) is 22.1 Å². The summed E-state index contributed by atoms with van der Waals surface area (Å²) in [4.78, 5) is 0. The highest BCUT2D eigenvalue weighted by Gasteiger charge is 1.95. The Morgan fingerprint density at radius 2 is 1.86 bits per heavy atom. The van der Waals surface area contributed by atoms with Gasteiger partial charge >= 0.3 is 0 Å². The van der Waals surface area contributed by atoms with Crippen LogP contribution in [0.3, 0.4) is 0 Å². The van der Waals surface area contributed by atoms with Crippen LogP contribution in [-0.4, -0.2) is 0 Å². The van der Waals surface area contributed by atoms with Gasteiger partial charge in [0.2, 0.25) is 0 Å². The maximum atomic E-state index is 8.65. The lowest BCUT2D eigenvalue weighted by Crippen LogP contribution is -1.79. The molecule has 3 heteroatoms. The molecule has 66 valence electrons. The monoisotopic (exact) mass is 200 g/mol. The van der Waals surface area contributed by atoms with E-state index in [9.17, 15) is 0 Å². The molecule has 0 unspecified atom stereocenters. The Morgan fingerprint density at radius 3 is 2.50 bits per heavy atom. The number of nitrogens with zero attached hydrogens (tertiary/aromatic N) is 2. The summed E-state index contributed by atoms with van der Waals surface area (Å²) in [6.07, 6.45) is 0.175. The van der Waals surface area contributed by atoms with Crippen molar-refractivity contribution in [2.24, 2.45) is 0 Å². The Hall–Kier alpha value is -1.95. The SMILES string of the molecule is N#CCC#Cc1cc(Cl)cc(C#N)c1. The van der Waals surface area contributed by atoms with Crippen LogP contribution >= 0.6 is 11.6 Å². The molecule has 0 spiro atoms. The molecule has 1 aromatic rings. The molecule has 0 radical (unpaired) electrons. The first-order valence-electron chi connectivity index (χ1n) is 3.83. The Bertz CT molecular complexity index is 481. The minimum absolute atomic E-state index is 0.175. The quantitative estimate of drug-likeness (QED) is 0.604. The molecule has 2 nitrogen and oxygen atoms in total. The third kappa shape index (κ3) is 2.83. The number of rotatable bonds is 0. The van der Waals surface area contributed by atoms with Crippen LogP contribution in [0, 0.1) is 34.5 Å². The predicted molar refractivity (Wildman–Crippen MR) is 53.3 cm³/mol. The normalized spacial score (nSPS) is 7.93. The van der Waals surface area contributed by atoms with Gasteiger partial charge in [-0.3, -0.25) is 0 Å². The second-order valence-electron chi connectivity index (χ2n) is 2.48. The van der Waals surface area contributed by atoms with Gasteiger partial charge in [0, 0.05) is 10.6 Å². The van der Waals surface area contributed by atoms with Gasteiger partial charge in [-0.15, -0.1) is 0 Å².